The summed E-state index contributed by atoms with van der Waals surface area (Å²) in [6.45, 7) is 7.84. The lowest BCUT2D eigenvalue weighted by molar-refractivity contribution is 0.551. The van der Waals surface area contributed by atoms with Gasteiger partial charge in [0.2, 0.25) is 0 Å². The Labute approximate surface area is 138 Å². The third kappa shape index (κ3) is 3.15. The molecular formula is C17H21IO3. The Morgan fingerprint density at radius 1 is 1.05 bits per heavy atom. The zero-order valence-electron chi connectivity index (χ0n) is 12.0. The first-order valence-corrected chi connectivity index (χ1v) is 8.15. The van der Waals surface area contributed by atoms with Crippen molar-refractivity contribution in [3.05, 3.63) is 45.5 Å². The lowest BCUT2D eigenvalue weighted by atomic mass is 10.1. The fraction of sp³-hybridized carbons (Fsp3) is 0.353. The van der Waals surface area contributed by atoms with Gasteiger partial charge in [-0.25, -0.2) is 4.79 Å². The molecule has 0 amide bonds. The Balaban J connectivity index is 0.000000706. The van der Waals surface area contributed by atoms with E-state index in [4.69, 9.17) is 8.83 Å². The fourth-order valence-electron chi connectivity index (χ4n) is 2.26. The molecule has 114 valence electrons. The SMILES string of the molecule is C.CC.Cc1cc(=O)oc2c(C)c3oc(CI)cc3cc12. The third-order valence-corrected chi connectivity index (χ3v) is 3.88. The molecule has 3 rings (SSSR count). The molecule has 0 saturated carbocycles. The average Bonchev–Trinajstić information content (AvgIpc) is 2.86. The molecular weight excluding hydrogens is 379 g/mol. The smallest absolute Gasteiger partial charge is 0.336 e. The molecule has 3 aromatic rings. The highest BCUT2D eigenvalue weighted by Gasteiger charge is 2.13. The highest BCUT2D eigenvalue weighted by atomic mass is 127. The van der Waals surface area contributed by atoms with Crippen molar-refractivity contribution in [2.75, 3.05) is 0 Å². The molecule has 0 aliphatic rings. The number of hydrogen-bond acceptors (Lipinski definition) is 3. The van der Waals surface area contributed by atoms with E-state index >= 15 is 0 Å². The molecule has 1 aromatic carbocycles. The van der Waals surface area contributed by atoms with Gasteiger partial charge >= 0.3 is 5.63 Å². The third-order valence-electron chi connectivity index (χ3n) is 3.13. The van der Waals surface area contributed by atoms with Crippen LogP contribution in [0.25, 0.3) is 21.9 Å². The van der Waals surface area contributed by atoms with Crippen LogP contribution in [0.1, 0.15) is 38.2 Å². The number of furan rings is 1. The van der Waals surface area contributed by atoms with E-state index in [1.807, 2.05) is 39.8 Å². The van der Waals surface area contributed by atoms with E-state index in [2.05, 4.69) is 22.6 Å². The van der Waals surface area contributed by atoms with Crippen LogP contribution >= 0.6 is 22.6 Å². The summed E-state index contributed by atoms with van der Waals surface area (Å²) >= 11 is 2.27. The van der Waals surface area contributed by atoms with Gasteiger partial charge in [-0.3, -0.25) is 0 Å². The molecule has 3 nitrogen and oxygen atoms in total. The number of rotatable bonds is 1. The van der Waals surface area contributed by atoms with E-state index in [0.717, 1.165) is 37.7 Å². The minimum Gasteiger partial charge on any atom is -0.460 e. The Bertz CT molecular complexity index is 812. The summed E-state index contributed by atoms with van der Waals surface area (Å²) in [4.78, 5) is 11.5. The maximum Gasteiger partial charge on any atom is 0.336 e. The zero-order valence-corrected chi connectivity index (χ0v) is 14.2. The van der Waals surface area contributed by atoms with Crippen LogP contribution in [-0.4, -0.2) is 0 Å². The molecule has 0 aliphatic heterocycles. The van der Waals surface area contributed by atoms with Crippen molar-refractivity contribution in [3.63, 3.8) is 0 Å². The first kappa shape index (κ1) is 17.8. The molecule has 0 atom stereocenters. The second-order valence-corrected chi connectivity index (χ2v) is 5.15. The highest BCUT2D eigenvalue weighted by Crippen LogP contribution is 2.31. The maximum absolute atomic E-state index is 11.5. The normalized spacial score (nSPS) is 10.1. The lowest BCUT2D eigenvalue weighted by Gasteiger charge is -2.03. The number of hydrogen-bond donors (Lipinski definition) is 0. The van der Waals surface area contributed by atoms with E-state index in [-0.39, 0.29) is 13.1 Å². The van der Waals surface area contributed by atoms with Gasteiger partial charge in [0, 0.05) is 22.4 Å². The minimum absolute atomic E-state index is 0. The van der Waals surface area contributed by atoms with Crippen LogP contribution in [0.2, 0.25) is 0 Å². The van der Waals surface area contributed by atoms with Gasteiger partial charge in [-0.2, -0.15) is 0 Å². The van der Waals surface area contributed by atoms with Crippen molar-refractivity contribution < 1.29 is 8.83 Å². The Morgan fingerprint density at radius 3 is 2.33 bits per heavy atom. The van der Waals surface area contributed by atoms with Crippen molar-refractivity contribution in [1.82, 2.24) is 0 Å². The predicted molar refractivity (Wildman–Crippen MR) is 97.5 cm³/mol. The molecule has 0 bridgehead atoms. The van der Waals surface area contributed by atoms with Gasteiger partial charge in [-0.1, -0.05) is 43.9 Å². The molecule has 0 aliphatic carbocycles. The molecule has 21 heavy (non-hydrogen) atoms. The number of fused-ring (bicyclic) bond motifs is 2. The average molecular weight is 400 g/mol. The lowest BCUT2D eigenvalue weighted by Crippen LogP contribution is -1.98. The van der Waals surface area contributed by atoms with Crippen molar-refractivity contribution in [2.45, 2.75) is 39.5 Å². The minimum atomic E-state index is -0.317. The van der Waals surface area contributed by atoms with Crippen molar-refractivity contribution in [3.8, 4) is 0 Å². The van der Waals surface area contributed by atoms with Crippen LogP contribution in [0.5, 0.6) is 0 Å². The number of benzene rings is 1. The van der Waals surface area contributed by atoms with Crippen LogP contribution in [0.15, 0.2) is 31.8 Å². The fourth-order valence-corrected chi connectivity index (χ4v) is 2.64. The summed E-state index contributed by atoms with van der Waals surface area (Å²) in [5, 5.41) is 2.03. The van der Waals surface area contributed by atoms with Crippen molar-refractivity contribution in [2.24, 2.45) is 0 Å². The summed E-state index contributed by atoms with van der Waals surface area (Å²) in [5.74, 6) is 0.934. The van der Waals surface area contributed by atoms with Gasteiger partial charge in [0.05, 0.1) is 4.43 Å². The largest absolute Gasteiger partial charge is 0.460 e. The first-order chi connectivity index (χ1) is 9.60. The highest BCUT2D eigenvalue weighted by molar-refractivity contribution is 14.1. The topological polar surface area (TPSA) is 43.4 Å². The van der Waals surface area contributed by atoms with E-state index in [9.17, 15) is 4.79 Å². The van der Waals surface area contributed by atoms with Crippen LogP contribution < -0.4 is 5.63 Å². The molecule has 0 N–H and O–H groups in total. The summed E-state index contributed by atoms with van der Waals surface area (Å²) < 4.78 is 11.9. The summed E-state index contributed by atoms with van der Waals surface area (Å²) in [5.41, 5.74) is 2.94. The van der Waals surface area contributed by atoms with Crippen LogP contribution in [0.3, 0.4) is 0 Å². The van der Waals surface area contributed by atoms with E-state index in [1.165, 1.54) is 6.07 Å². The molecule has 2 heterocycles. The van der Waals surface area contributed by atoms with Crippen LogP contribution in [0.4, 0.5) is 0 Å². The second kappa shape index (κ2) is 7.11. The molecule has 2 aromatic heterocycles. The first-order valence-electron chi connectivity index (χ1n) is 6.62. The monoisotopic (exact) mass is 400 g/mol. The standard InChI is InChI=1S/C14H11IO3.C2H6.CH4/c1-7-3-12(16)18-14-8(2)13-9(5-11(7)14)4-10(6-15)17-13;1-2;/h3-5H,6H2,1-2H3;1-2H3;1H4. The molecule has 0 saturated heterocycles. The molecule has 0 radical (unpaired) electrons. The van der Waals surface area contributed by atoms with E-state index in [1.54, 1.807) is 0 Å². The van der Waals surface area contributed by atoms with E-state index < -0.39 is 0 Å². The Kier molecular flexibility index (Phi) is 6.01. The molecule has 0 fully saturated rings. The Morgan fingerprint density at radius 2 is 1.71 bits per heavy atom. The summed E-state index contributed by atoms with van der Waals surface area (Å²) in [6.07, 6.45) is 0. The number of alkyl halides is 1. The van der Waals surface area contributed by atoms with Gasteiger partial charge < -0.3 is 8.83 Å². The summed E-state index contributed by atoms with van der Waals surface area (Å²) in [6, 6.07) is 5.58. The van der Waals surface area contributed by atoms with Crippen LogP contribution in [0, 0.1) is 13.8 Å². The molecule has 0 spiro atoms. The molecule has 0 unspecified atom stereocenters. The van der Waals surface area contributed by atoms with Gasteiger partial charge in [0.15, 0.2) is 0 Å². The maximum atomic E-state index is 11.5. The Hall–Kier alpha value is -1.30. The zero-order chi connectivity index (χ0) is 14.9. The number of aryl methyl sites for hydroxylation is 2. The van der Waals surface area contributed by atoms with Crippen LogP contribution in [-0.2, 0) is 4.43 Å². The van der Waals surface area contributed by atoms with Crippen molar-refractivity contribution in [1.29, 1.82) is 0 Å². The summed E-state index contributed by atoms with van der Waals surface area (Å²) in [7, 11) is 0. The predicted octanol–water partition coefficient (Wildman–Crippen LogP) is 5.75. The second-order valence-electron chi connectivity index (χ2n) is 4.39. The van der Waals surface area contributed by atoms with Gasteiger partial charge in [0.1, 0.15) is 16.9 Å². The van der Waals surface area contributed by atoms with E-state index in [0.29, 0.717) is 5.58 Å². The van der Waals surface area contributed by atoms with Gasteiger partial charge in [-0.05, 0) is 31.5 Å². The number of halogens is 1. The van der Waals surface area contributed by atoms with Gasteiger partial charge in [-0.15, -0.1) is 0 Å². The van der Waals surface area contributed by atoms with Crippen molar-refractivity contribution >= 4 is 44.5 Å². The van der Waals surface area contributed by atoms with Gasteiger partial charge in [0.25, 0.3) is 0 Å². The molecule has 4 heteroatoms. The quantitative estimate of drug-likeness (QED) is 0.297.